The molecule has 0 aliphatic heterocycles. The van der Waals surface area contributed by atoms with Crippen LogP contribution in [0, 0.1) is 0 Å². The highest BCUT2D eigenvalue weighted by atomic mass is 16.5. The van der Waals surface area contributed by atoms with E-state index in [-0.39, 0.29) is 5.57 Å². The smallest absolute Gasteiger partial charge is 0.338 e. The zero-order valence-electron chi connectivity index (χ0n) is 7.61. The molecule has 0 radical (unpaired) electrons. The first-order chi connectivity index (χ1) is 6.77. The Bertz CT molecular complexity index is 384. The van der Waals surface area contributed by atoms with Gasteiger partial charge in [0.2, 0.25) is 0 Å². The maximum atomic E-state index is 11.1. The van der Waals surface area contributed by atoms with Gasteiger partial charge in [-0.25, -0.2) is 9.59 Å². The molecule has 1 rings (SSSR count). The van der Waals surface area contributed by atoms with Crippen LogP contribution in [0.3, 0.4) is 0 Å². The summed E-state index contributed by atoms with van der Waals surface area (Å²) >= 11 is 0. The van der Waals surface area contributed by atoms with Crippen molar-refractivity contribution < 1.29 is 14.3 Å². The Morgan fingerprint density at radius 3 is 2.93 bits per heavy atom. The molecule has 0 aromatic carbocycles. The predicted molar refractivity (Wildman–Crippen MR) is 51.0 cm³/mol. The van der Waals surface area contributed by atoms with Crippen molar-refractivity contribution in [2.24, 2.45) is 0 Å². The number of ether oxygens (including phenoxy) is 1. The SMILES string of the molecule is COC(=O)/C(C=C=O)=C/c1ccc[nH]1. The average Bonchev–Trinajstić information content (AvgIpc) is 2.68. The summed E-state index contributed by atoms with van der Waals surface area (Å²) < 4.78 is 4.48. The van der Waals surface area contributed by atoms with Gasteiger partial charge in [-0.2, -0.15) is 0 Å². The molecule has 1 aromatic heterocycles. The largest absolute Gasteiger partial charge is 0.465 e. The molecule has 0 atom stereocenters. The molecule has 0 amide bonds. The zero-order valence-corrected chi connectivity index (χ0v) is 7.61. The summed E-state index contributed by atoms with van der Waals surface area (Å²) in [6.45, 7) is 0. The third-order valence-corrected chi connectivity index (χ3v) is 1.57. The van der Waals surface area contributed by atoms with Gasteiger partial charge in [-0.15, -0.1) is 0 Å². The fraction of sp³-hybridized carbons (Fsp3) is 0.100. The van der Waals surface area contributed by atoms with Crippen LogP contribution in [-0.4, -0.2) is 24.0 Å². The van der Waals surface area contributed by atoms with Gasteiger partial charge in [0.1, 0.15) is 5.94 Å². The highest BCUT2D eigenvalue weighted by Crippen LogP contribution is 2.06. The van der Waals surface area contributed by atoms with E-state index >= 15 is 0 Å². The molecule has 0 fully saturated rings. The number of hydrogen-bond donors (Lipinski definition) is 1. The van der Waals surface area contributed by atoms with E-state index in [2.05, 4.69) is 9.72 Å². The first-order valence-corrected chi connectivity index (χ1v) is 3.92. The second kappa shape index (κ2) is 4.84. The molecule has 0 aliphatic carbocycles. The molecular weight excluding hydrogens is 182 g/mol. The lowest BCUT2D eigenvalue weighted by Gasteiger charge is -1.96. The first kappa shape index (κ1) is 10.0. The molecule has 4 nitrogen and oxygen atoms in total. The summed E-state index contributed by atoms with van der Waals surface area (Å²) in [6, 6.07) is 3.55. The van der Waals surface area contributed by atoms with Gasteiger partial charge in [0.05, 0.1) is 12.7 Å². The highest BCUT2D eigenvalue weighted by molar-refractivity contribution is 5.98. The molecular formula is C10H9NO3. The van der Waals surface area contributed by atoms with Crippen molar-refractivity contribution in [2.75, 3.05) is 7.11 Å². The fourth-order valence-corrected chi connectivity index (χ4v) is 0.942. The van der Waals surface area contributed by atoms with Crippen LogP contribution < -0.4 is 0 Å². The van der Waals surface area contributed by atoms with Gasteiger partial charge in [0.25, 0.3) is 0 Å². The van der Waals surface area contributed by atoms with Crippen LogP contribution in [0.2, 0.25) is 0 Å². The van der Waals surface area contributed by atoms with Gasteiger partial charge in [-0.1, -0.05) is 0 Å². The summed E-state index contributed by atoms with van der Waals surface area (Å²) in [7, 11) is 1.25. The molecule has 72 valence electrons. The molecule has 4 heteroatoms. The van der Waals surface area contributed by atoms with E-state index in [4.69, 9.17) is 0 Å². The summed E-state index contributed by atoms with van der Waals surface area (Å²) in [5.41, 5.74) is 0.877. The summed E-state index contributed by atoms with van der Waals surface area (Å²) in [5.74, 6) is 0.971. The number of carbonyl (C=O) groups is 1. The fourth-order valence-electron chi connectivity index (χ4n) is 0.942. The number of aromatic nitrogens is 1. The van der Waals surface area contributed by atoms with E-state index in [1.807, 2.05) is 0 Å². The normalized spacial score (nSPS) is 10.5. The molecule has 14 heavy (non-hydrogen) atoms. The Kier molecular flexibility index (Phi) is 3.47. The van der Waals surface area contributed by atoms with Gasteiger partial charge in [-0.3, -0.25) is 0 Å². The second-order valence-corrected chi connectivity index (χ2v) is 2.48. The van der Waals surface area contributed by atoms with E-state index in [9.17, 15) is 9.59 Å². The van der Waals surface area contributed by atoms with Crippen LogP contribution in [0.1, 0.15) is 5.69 Å². The molecule has 1 aromatic rings. The van der Waals surface area contributed by atoms with E-state index in [0.717, 1.165) is 11.8 Å². The maximum Gasteiger partial charge on any atom is 0.338 e. The number of aromatic amines is 1. The first-order valence-electron chi connectivity index (χ1n) is 3.92. The molecule has 0 aliphatic rings. The topological polar surface area (TPSA) is 59.2 Å². The number of H-pyrrole nitrogens is 1. The Morgan fingerprint density at radius 1 is 1.64 bits per heavy atom. The van der Waals surface area contributed by atoms with Gasteiger partial charge in [0.15, 0.2) is 0 Å². The monoisotopic (exact) mass is 191 g/mol. The third-order valence-electron chi connectivity index (χ3n) is 1.57. The predicted octanol–water partition coefficient (Wildman–Crippen LogP) is 0.959. The Labute approximate surface area is 80.9 Å². The van der Waals surface area contributed by atoms with Crippen molar-refractivity contribution in [2.45, 2.75) is 0 Å². The van der Waals surface area contributed by atoms with Gasteiger partial charge < -0.3 is 9.72 Å². The Hall–Kier alpha value is -2.06. The highest BCUT2D eigenvalue weighted by Gasteiger charge is 2.06. The minimum Gasteiger partial charge on any atom is -0.465 e. The third kappa shape index (κ3) is 2.47. The Morgan fingerprint density at radius 2 is 2.43 bits per heavy atom. The number of carbonyl (C=O) groups excluding carboxylic acids is 2. The number of hydrogen-bond acceptors (Lipinski definition) is 3. The van der Waals surface area contributed by atoms with Crippen LogP contribution in [-0.2, 0) is 14.3 Å². The van der Waals surface area contributed by atoms with Gasteiger partial charge in [0, 0.05) is 18.0 Å². The molecule has 1 N–H and O–H groups in total. The summed E-state index contributed by atoms with van der Waals surface area (Å²) in [6.07, 6.45) is 4.26. The summed E-state index contributed by atoms with van der Waals surface area (Å²) in [5, 5.41) is 0. The van der Waals surface area contributed by atoms with Crippen molar-refractivity contribution in [3.05, 3.63) is 35.7 Å². The standard InChI is InChI=1S/C10H9NO3/c1-14-10(13)8(4-6-12)7-9-3-2-5-11-9/h2-5,7,11H,1H3/b8-7+. The van der Waals surface area contributed by atoms with Crippen LogP contribution in [0.25, 0.3) is 6.08 Å². The van der Waals surface area contributed by atoms with Crippen LogP contribution >= 0.6 is 0 Å². The number of nitrogens with one attached hydrogen (secondary N) is 1. The van der Waals surface area contributed by atoms with Crippen molar-refractivity contribution in [1.82, 2.24) is 4.98 Å². The van der Waals surface area contributed by atoms with Crippen molar-refractivity contribution in [3.63, 3.8) is 0 Å². The van der Waals surface area contributed by atoms with Crippen molar-refractivity contribution in [3.8, 4) is 0 Å². The Balaban J connectivity index is 2.99. The van der Waals surface area contributed by atoms with E-state index < -0.39 is 5.97 Å². The van der Waals surface area contributed by atoms with Crippen molar-refractivity contribution >= 4 is 18.0 Å². The minimum absolute atomic E-state index is 0.157. The van der Waals surface area contributed by atoms with Crippen LogP contribution in [0.15, 0.2) is 30.0 Å². The molecule has 0 bridgehead atoms. The van der Waals surface area contributed by atoms with Crippen LogP contribution in [0.5, 0.6) is 0 Å². The van der Waals surface area contributed by atoms with Crippen LogP contribution in [0.4, 0.5) is 0 Å². The van der Waals surface area contributed by atoms with Crippen molar-refractivity contribution in [1.29, 1.82) is 0 Å². The lowest BCUT2D eigenvalue weighted by atomic mass is 10.2. The van der Waals surface area contributed by atoms with Gasteiger partial charge >= 0.3 is 5.97 Å². The quantitative estimate of drug-likeness (QED) is 0.335. The zero-order chi connectivity index (χ0) is 10.4. The summed E-state index contributed by atoms with van der Waals surface area (Å²) in [4.78, 5) is 24.1. The molecule has 0 unspecified atom stereocenters. The minimum atomic E-state index is -0.567. The van der Waals surface area contributed by atoms with E-state index in [0.29, 0.717) is 0 Å². The lowest BCUT2D eigenvalue weighted by molar-refractivity contribution is -0.135. The molecule has 0 spiro atoms. The number of methoxy groups -OCH3 is 1. The maximum absolute atomic E-state index is 11.1. The number of esters is 1. The number of rotatable bonds is 3. The van der Waals surface area contributed by atoms with E-state index in [1.165, 1.54) is 19.1 Å². The van der Waals surface area contributed by atoms with E-state index in [1.54, 1.807) is 18.3 Å². The average molecular weight is 191 g/mol. The second-order valence-electron chi connectivity index (χ2n) is 2.48. The molecule has 0 saturated carbocycles. The van der Waals surface area contributed by atoms with Gasteiger partial charge in [-0.05, 0) is 18.2 Å². The molecule has 1 heterocycles. The molecule has 0 saturated heterocycles. The lowest BCUT2D eigenvalue weighted by Crippen LogP contribution is -2.02.